The van der Waals surface area contributed by atoms with E-state index in [0.29, 0.717) is 0 Å². The summed E-state index contributed by atoms with van der Waals surface area (Å²) in [6.45, 7) is 9.74. The van der Waals surface area contributed by atoms with Gasteiger partial charge in [0.1, 0.15) is 11.2 Å². The summed E-state index contributed by atoms with van der Waals surface area (Å²) in [5.41, 5.74) is 17.6. The number of hydrogen-bond acceptors (Lipinski definition) is 2. The van der Waals surface area contributed by atoms with E-state index in [9.17, 15) is 0 Å². The minimum absolute atomic E-state index is 0.0436. The van der Waals surface area contributed by atoms with Crippen LogP contribution in [0.15, 0.2) is 132 Å². The zero-order chi connectivity index (χ0) is 37.6. The molecule has 6 aliphatic rings. The number of nitrogens with zero attached hydrogens (tertiary/aromatic N) is 1. The molecule has 0 N–H and O–H groups in total. The van der Waals surface area contributed by atoms with E-state index in [1.54, 1.807) is 11.1 Å². The van der Waals surface area contributed by atoms with Crippen molar-refractivity contribution < 1.29 is 4.42 Å². The SMILES string of the molecule is CC1(C)CCC(C)(C)c2c(N(c3ccc(-c4ccc5c(c4)C4(c6ccccc6-5)C5CC6CC(C5)CC4C6)cc3)c3ccc4oc5ccccc5c4c3)cccc21. The van der Waals surface area contributed by atoms with Crippen LogP contribution in [0.1, 0.15) is 94.9 Å². The normalized spacial score (nSPS) is 26.1. The predicted molar refractivity (Wildman–Crippen MR) is 232 cm³/mol. The van der Waals surface area contributed by atoms with Gasteiger partial charge in [0.25, 0.3) is 0 Å². The molecule has 56 heavy (non-hydrogen) atoms. The molecular formula is C54H51NO. The first-order chi connectivity index (χ1) is 27.2. The fraction of sp³-hybridized carbons (Fsp3) is 0.333. The molecule has 1 spiro atoms. The predicted octanol–water partition coefficient (Wildman–Crippen LogP) is 14.8. The van der Waals surface area contributed by atoms with Crippen molar-refractivity contribution in [3.63, 3.8) is 0 Å². The smallest absolute Gasteiger partial charge is 0.135 e. The molecule has 0 atom stereocenters. The van der Waals surface area contributed by atoms with Gasteiger partial charge in [-0.15, -0.1) is 0 Å². The lowest BCUT2D eigenvalue weighted by Gasteiger charge is -2.61. The van der Waals surface area contributed by atoms with Crippen molar-refractivity contribution in [1.82, 2.24) is 0 Å². The number of hydrogen-bond donors (Lipinski definition) is 0. The Kier molecular flexibility index (Phi) is 6.80. The summed E-state index contributed by atoms with van der Waals surface area (Å²) in [6.07, 6.45) is 9.47. The lowest BCUT2D eigenvalue weighted by molar-refractivity contribution is -0.0399. The third-order valence-corrected chi connectivity index (χ3v) is 15.7. The Morgan fingerprint density at radius 1 is 0.500 bits per heavy atom. The molecule has 1 aromatic heterocycles. The fourth-order valence-corrected chi connectivity index (χ4v) is 13.3. The van der Waals surface area contributed by atoms with E-state index < -0.39 is 0 Å². The van der Waals surface area contributed by atoms with Crippen LogP contribution in [0.3, 0.4) is 0 Å². The van der Waals surface area contributed by atoms with E-state index in [0.717, 1.165) is 57.7 Å². The standard InChI is InChI=1S/C54H51NO/c1-52(2)24-25-53(3,4)51-46(52)13-9-14-48(51)55(40-21-23-50-44(32-40)43-11-6-8-15-49(43)56-50)39-19-16-35(17-20-39)36-18-22-42-41-10-5-7-12-45(41)54(47(42)31-36)37-27-33-26-34(29-37)30-38(54)28-33/h5-23,31-34,37-38H,24-30H2,1-4H3. The number of rotatable bonds is 4. The van der Waals surface area contributed by atoms with Gasteiger partial charge in [0.15, 0.2) is 0 Å². The molecule has 6 aliphatic carbocycles. The van der Waals surface area contributed by atoms with Crippen LogP contribution in [0.2, 0.25) is 0 Å². The third-order valence-electron chi connectivity index (χ3n) is 15.7. The summed E-state index contributed by atoms with van der Waals surface area (Å²) in [7, 11) is 0. The van der Waals surface area contributed by atoms with E-state index in [1.807, 2.05) is 0 Å². The van der Waals surface area contributed by atoms with Crippen LogP contribution in [-0.2, 0) is 16.2 Å². The molecule has 4 saturated carbocycles. The maximum absolute atomic E-state index is 6.32. The number of para-hydroxylation sites is 1. The van der Waals surface area contributed by atoms with Gasteiger partial charge in [-0.05, 0) is 172 Å². The average molecular weight is 730 g/mol. The van der Waals surface area contributed by atoms with Gasteiger partial charge < -0.3 is 9.32 Å². The molecule has 2 heteroatoms. The van der Waals surface area contributed by atoms with Gasteiger partial charge >= 0.3 is 0 Å². The minimum Gasteiger partial charge on any atom is -0.456 e. The van der Waals surface area contributed by atoms with E-state index in [4.69, 9.17) is 4.42 Å². The first-order valence-corrected chi connectivity index (χ1v) is 21.4. The van der Waals surface area contributed by atoms with Crippen LogP contribution < -0.4 is 4.90 Å². The van der Waals surface area contributed by atoms with Crippen molar-refractivity contribution in [1.29, 1.82) is 0 Å². The molecule has 0 saturated heterocycles. The molecule has 0 amide bonds. The topological polar surface area (TPSA) is 16.4 Å². The van der Waals surface area contributed by atoms with Crippen LogP contribution in [0, 0.1) is 23.7 Å². The van der Waals surface area contributed by atoms with Crippen LogP contribution in [0.25, 0.3) is 44.2 Å². The molecule has 0 radical (unpaired) electrons. The van der Waals surface area contributed by atoms with Gasteiger partial charge in [0, 0.05) is 27.6 Å². The third kappa shape index (κ3) is 4.50. The first-order valence-electron chi connectivity index (χ1n) is 21.4. The molecule has 13 rings (SSSR count). The maximum atomic E-state index is 6.32. The van der Waals surface area contributed by atoms with E-state index in [2.05, 4.69) is 160 Å². The van der Waals surface area contributed by atoms with Gasteiger partial charge in [-0.1, -0.05) is 107 Å². The highest BCUT2D eigenvalue weighted by atomic mass is 16.3. The Labute approximate surface area is 331 Å². The lowest BCUT2D eigenvalue weighted by atomic mass is 9.43. The van der Waals surface area contributed by atoms with E-state index in [-0.39, 0.29) is 16.2 Å². The van der Waals surface area contributed by atoms with Crippen LogP contribution in [0.4, 0.5) is 17.1 Å². The number of furan rings is 1. The van der Waals surface area contributed by atoms with Crippen molar-refractivity contribution in [3.8, 4) is 22.3 Å². The Bertz CT molecular complexity index is 2700. The van der Waals surface area contributed by atoms with Crippen molar-refractivity contribution in [2.75, 3.05) is 4.90 Å². The van der Waals surface area contributed by atoms with Crippen molar-refractivity contribution >= 4 is 39.0 Å². The highest BCUT2D eigenvalue weighted by Gasteiger charge is 2.61. The Hall–Kier alpha value is -5.08. The van der Waals surface area contributed by atoms with Gasteiger partial charge in [-0.25, -0.2) is 0 Å². The Balaban J connectivity index is 1.00. The minimum atomic E-state index is 0.0436. The quantitative estimate of drug-likeness (QED) is 0.179. The van der Waals surface area contributed by atoms with Crippen molar-refractivity contribution in [3.05, 3.63) is 150 Å². The highest BCUT2D eigenvalue weighted by molar-refractivity contribution is 6.06. The van der Waals surface area contributed by atoms with E-state index >= 15 is 0 Å². The van der Waals surface area contributed by atoms with Crippen molar-refractivity contribution in [2.24, 2.45) is 23.7 Å². The Morgan fingerprint density at radius 2 is 1.14 bits per heavy atom. The van der Waals surface area contributed by atoms with Gasteiger partial charge in [-0.3, -0.25) is 0 Å². The number of fused-ring (bicyclic) bond motifs is 7. The monoisotopic (exact) mass is 729 g/mol. The first kappa shape index (κ1) is 33.1. The summed E-state index contributed by atoms with van der Waals surface area (Å²) in [5, 5.41) is 2.31. The second kappa shape index (κ2) is 11.5. The van der Waals surface area contributed by atoms with Gasteiger partial charge in [0.2, 0.25) is 0 Å². The molecule has 278 valence electrons. The molecule has 7 aromatic rings. The van der Waals surface area contributed by atoms with Gasteiger partial charge in [-0.2, -0.15) is 0 Å². The number of anilines is 3. The molecule has 6 aromatic carbocycles. The summed E-state index contributed by atoms with van der Waals surface area (Å²) in [6, 6.07) is 48.7. The second-order valence-corrected chi connectivity index (χ2v) is 19.6. The summed E-state index contributed by atoms with van der Waals surface area (Å²) in [4.78, 5) is 2.52. The average Bonchev–Trinajstić information content (AvgIpc) is 3.72. The lowest BCUT2D eigenvalue weighted by Crippen LogP contribution is -2.55. The molecule has 1 heterocycles. The Morgan fingerprint density at radius 3 is 1.95 bits per heavy atom. The molecular weight excluding hydrogens is 679 g/mol. The largest absolute Gasteiger partial charge is 0.456 e. The van der Waals surface area contributed by atoms with Gasteiger partial charge in [0.05, 0.1) is 5.69 Å². The zero-order valence-electron chi connectivity index (χ0n) is 33.2. The zero-order valence-corrected chi connectivity index (χ0v) is 33.2. The molecule has 0 unspecified atom stereocenters. The van der Waals surface area contributed by atoms with Crippen molar-refractivity contribution in [2.45, 2.75) is 88.9 Å². The highest BCUT2D eigenvalue weighted by Crippen LogP contribution is 2.69. The molecule has 0 aliphatic heterocycles. The maximum Gasteiger partial charge on any atom is 0.135 e. The summed E-state index contributed by atoms with van der Waals surface area (Å²) in [5.74, 6) is 3.42. The van der Waals surface area contributed by atoms with Crippen LogP contribution in [-0.4, -0.2) is 0 Å². The number of benzene rings is 6. The summed E-state index contributed by atoms with van der Waals surface area (Å²) >= 11 is 0. The molecule has 2 nitrogen and oxygen atoms in total. The summed E-state index contributed by atoms with van der Waals surface area (Å²) < 4.78 is 6.32. The second-order valence-electron chi connectivity index (χ2n) is 19.6. The molecule has 4 bridgehead atoms. The fourth-order valence-electron chi connectivity index (χ4n) is 13.3. The molecule has 4 fully saturated rings. The van der Waals surface area contributed by atoms with E-state index in [1.165, 1.54) is 83.3 Å². The van der Waals surface area contributed by atoms with Crippen LogP contribution >= 0.6 is 0 Å². The van der Waals surface area contributed by atoms with Crippen LogP contribution in [0.5, 0.6) is 0 Å².